The number of aryl methyl sites for hydroxylation is 1. The van der Waals surface area contributed by atoms with Crippen molar-refractivity contribution in [3.63, 3.8) is 0 Å². The molecule has 1 heteroatoms. The maximum Gasteiger partial charge on any atom is 0.0403 e. The lowest BCUT2D eigenvalue weighted by Crippen LogP contribution is -2.12. The predicted octanol–water partition coefficient (Wildman–Crippen LogP) is 5.43. The molecule has 1 nitrogen and oxygen atoms in total. The average molecular weight is 289 g/mol. The van der Waals surface area contributed by atoms with E-state index in [4.69, 9.17) is 0 Å². The fourth-order valence-electron chi connectivity index (χ4n) is 2.41. The Hall–Kier alpha value is -2.54. The Kier molecular flexibility index (Phi) is 5.00. The summed E-state index contributed by atoms with van der Waals surface area (Å²) in [6, 6.07) is 14.6. The Morgan fingerprint density at radius 2 is 1.86 bits per heavy atom. The molecule has 2 aromatic rings. The number of benzene rings is 2. The predicted molar refractivity (Wildman–Crippen MR) is 98.3 cm³/mol. The van der Waals surface area contributed by atoms with E-state index < -0.39 is 0 Å². The van der Waals surface area contributed by atoms with Crippen molar-refractivity contribution in [3.05, 3.63) is 90.0 Å². The summed E-state index contributed by atoms with van der Waals surface area (Å²) in [5, 5.41) is 3.41. The first-order valence-electron chi connectivity index (χ1n) is 7.43. The van der Waals surface area contributed by atoms with Crippen molar-refractivity contribution in [1.29, 1.82) is 0 Å². The Morgan fingerprint density at radius 3 is 2.50 bits per heavy atom. The molecule has 2 rings (SSSR count). The van der Waals surface area contributed by atoms with E-state index in [2.05, 4.69) is 56.2 Å². The van der Waals surface area contributed by atoms with E-state index in [9.17, 15) is 0 Å². The van der Waals surface area contributed by atoms with Crippen molar-refractivity contribution in [2.75, 3.05) is 0 Å². The van der Waals surface area contributed by atoms with Crippen LogP contribution in [0.2, 0.25) is 0 Å². The number of hydrogen-bond donors (Lipinski definition) is 1. The van der Waals surface area contributed by atoms with Crippen molar-refractivity contribution < 1.29 is 0 Å². The summed E-state index contributed by atoms with van der Waals surface area (Å²) in [4.78, 5) is 0. The van der Waals surface area contributed by atoms with E-state index >= 15 is 0 Å². The maximum atomic E-state index is 4.15. The van der Waals surface area contributed by atoms with Gasteiger partial charge in [-0.15, -0.1) is 0 Å². The first-order chi connectivity index (χ1) is 10.5. The second kappa shape index (κ2) is 6.95. The zero-order valence-electron chi connectivity index (χ0n) is 13.4. The Balaban J connectivity index is 2.11. The minimum Gasteiger partial charge on any atom is -0.381 e. The molecule has 0 aliphatic heterocycles. The molecule has 0 aliphatic carbocycles. The Bertz CT molecular complexity index is 722. The highest BCUT2D eigenvalue weighted by atomic mass is 14.9. The third-order valence-corrected chi connectivity index (χ3v) is 3.83. The minimum absolute atomic E-state index is 0.757. The molecule has 0 heterocycles. The summed E-state index contributed by atoms with van der Waals surface area (Å²) in [5.41, 5.74) is 7.91. The van der Waals surface area contributed by atoms with E-state index in [0.717, 1.165) is 28.9 Å². The fraction of sp³-hybridized carbons (Fsp3) is 0.143. The van der Waals surface area contributed by atoms with Gasteiger partial charge in [-0.2, -0.15) is 0 Å². The molecule has 22 heavy (non-hydrogen) atoms. The van der Waals surface area contributed by atoms with Gasteiger partial charge in [0.25, 0.3) is 0 Å². The van der Waals surface area contributed by atoms with Gasteiger partial charge in [0.2, 0.25) is 0 Å². The normalized spacial score (nSPS) is 10.1. The minimum atomic E-state index is 0.757. The number of rotatable bonds is 6. The van der Waals surface area contributed by atoms with Gasteiger partial charge in [-0.25, -0.2) is 0 Å². The lowest BCUT2D eigenvalue weighted by atomic mass is 10.0. The largest absolute Gasteiger partial charge is 0.381 e. The number of allylic oxidation sites excluding steroid dienone is 1. The van der Waals surface area contributed by atoms with Crippen LogP contribution in [-0.4, -0.2) is 0 Å². The summed E-state index contributed by atoms with van der Waals surface area (Å²) in [7, 11) is 0. The van der Waals surface area contributed by atoms with Crippen LogP contribution in [0.25, 0.3) is 17.3 Å². The zero-order valence-corrected chi connectivity index (χ0v) is 13.4. The highest BCUT2D eigenvalue weighted by Gasteiger charge is 2.05. The van der Waals surface area contributed by atoms with Crippen molar-refractivity contribution in [2.45, 2.75) is 20.4 Å². The van der Waals surface area contributed by atoms with Gasteiger partial charge < -0.3 is 5.32 Å². The molecule has 0 fully saturated rings. The molecule has 0 amide bonds. The average Bonchev–Trinajstić information content (AvgIpc) is 2.53. The first-order valence-corrected chi connectivity index (χ1v) is 7.43. The monoisotopic (exact) mass is 289 g/mol. The van der Waals surface area contributed by atoms with E-state index in [-0.39, 0.29) is 0 Å². The molecule has 0 bridgehead atoms. The number of hydrogen-bond acceptors (Lipinski definition) is 1. The van der Waals surface area contributed by atoms with E-state index in [0.29, 0.717) is 0 Å². The molecule has 0 saturated heterocycles. The quantitative estimate of drug-likeness (QED) is 0.747. The summed E-state index contributed by atoms with van der Waals surface area (Å²) in [5.74, 6) is 0. The van der Waals surface area contributed by atoms with Gasteiger partial charge in [0, 0.05) is 17.8 Å². The van der Waals surface area contributed by atoms with Crippen LogP contribution in [0.3, 0.4) is 0 Å². The van der Waals surface area contributed by atoms with Crippen LogP contribution in [-0.2, 0) is 6.54 Å². The smallest absolute Gasteiger partial charge is 0.0403 e. The third kappa shape index (κ3) is 3.56. The van der Waals surface area contributed by atoms with Gasteiger partial charge in [0.15, 0.2) is 0 Å². The van der Waals surface area contributed by atoms with Gasteiger partial charge >= 0.3 is 0 Å². The molecular formula is C21H23N. The Labute approximate surface area is 133 Å². The standard InChI is InChI=1S/C21H23N/c1-6-18-9-7-8-10-21(18)17(5)22-14-20-12-11-19(15(2)3)13-16(20)4/h6-13,22H,1-2,5,14H2,3-4H3. The third-order valence-electron chi connectivity index (χ3n) is 3.83. The highest BCUT2D eigenvalue weighted by molar-refractivity contribution is 5.71. The van der Waals surface area contributed by atoms with Crippen molar-refractivity contribution in [3.8, 4) is 0 Å². The van der Waals surface area contributed by atoms with E-state index in [1.165, 1.54) is 16.7 Å². The van der Waals surface area contributed by atoms with Crippen molar-refractivity contribution in [2.24, 2.45) is 0 Å². The molecule has 0 spiro atoms. The van der Waals surface area contributed by atoms with Crippen LogP contribution in [0.5, 0.6) is 0 Å². The molecule has 0 aromatic heterocycles. The van der Waals surface area contributed by atoms with Crippen LogP contribution >= 0.6 is 0 Å². The van der Waals surface area contributed by atoms with Gasteiger partial charge in [-0.1, -0.05) is 73.9 Å². The van der Waals surface area contributed by atoms with Gasteiger partial charge in [0.1, 0.15) is 0 Å². The van der Waals surface area contributed by atoms with E-state index in [1.807, 2.05) is 31.2 Å². The maximum absolute atomic E-state index is 4.15. The summed E-state index contributed by atoms with van der Waals surface area (Å²) in [6.45, 7) is 16.9. The molecule has 0 saturated carbocycles. The lowest BCUT2D eigenvalue weighted by molar-refractivity contribution is 0.883. The molecule has 0 radical (unpaired) electrons. The second-order valence-electron chi connectivity index (χ2n) is 5.55. The lowest BCUT2D eigenvalue weighted by Gasteiger charge is -2.14. The van der Waals surface area contributed by atoms with E-state index in [1.54, 1.807) is 0 Å². The first kappa shape index (κ1) is 15.8. The Morgan fingerprint density at radius 1 is 1.14 bits per heavy atom. The fourth-order valence-corrected chi connectivity index (χ4v) is 2.41. The van der Waals surface area contributed by atoms with Crippen LogP contribution in [0.4, 0.5) is 0 Å². The van der Waals surface area contributed by atoms with Crippen LogP contribution in [0, 0.1) is 6.92 Å². The summed E-state index contributed by atoms with van der Waals surface area (Å²) >= 11 is 0. The van der Waals surface area contributed by atoms with Gasteiger partial charge in [0.05, 0.1) is 0 Å². The summed E-state index contributed by atoms with van der Waals surface area (Å²) in [6.07, 6.45) is 1.86. The van der Waals surface area contributed by atoms with Crippen LogP contribution in [0.1, 0.15) is 34.7 Å². The topological polar surface area (TPSA) is 12.0 Å². The van der Waals surface area contributed by atoms with Gasteiger partial charge in [-0.05, 0) is 36.1 Å². The molecule has 0 aliphatic rings. The van der Waals surface area contributed by atoms with Crippen LogP contribution < -0.4 is 5.32 Å². The highest BCUT2D eigenvalue weighted by Crippen LogP contribution is 2.19. The number of nitrogens with one attached hydrogen (secondary N) is 1. The molecule has 1 N–H and O–H groups in total. The molecular weight excluding hydrogens is 266 g/mol. The molecule has 0 atom stereocenters. The van der Waals surface area contributed by atoms with Crippen molar-refractivity contribution in [1.82, 2.24) is 5.32 Å². The summed E-state index contributed by atoms with van der Waals surface area (Å²) < 4.78 is 0. The zero-order chi connectivity index (χ0) is 16.1. The second-order valence-corrected chi connectivity index (χ2v) is 5.55. The van der Waals surface area contributed by atoms with Crippen LogP contribution in [0.15, 0.2) is 62.2 Å². The molecule has 2 aromatic carbocycles. The van der Waals surface area contributed by atoms with Gasteiger partial charge in [-0.3, -0.25) is 0 Å². The molecule has 0 unspecified atom stereocenters. The SMILES string of the molecule is C=Cc1ccccc1C(=C)NCc1ccc(C(=C)C)cc1C. The molecule has 112 valence electrons. The van der Waals surface area contributed by atoms with Crippen molar-refractivity contribution >= 4 is 17.3 Å².